The highest BCUT2D eigenvalue weighted by Crippen LogP contribution is 2.30. The molecule has 1 N–H and O–H groups in total. The Bertz CT molecular complexity index is 631. The van der Waals surface area contributed by atoms with Crippen molar-refractivity contribution in [3.8, 4) is 11.5 Å². The molecule has 0 radical (unpaired) electrons. The van der Waals surface area contributed by atoms with Crippen LogP contribution in [0.5, 0.6) is 11.5 Å². The predicted octanol–water partition coefficient (Wildman–Crippen LogP) is 2.67. The SMILES string of the molecule is O=C(NCCN1CCOc2ccccc21)Oc1ccccc1. The van der Waals surface area contributed by atoms with Gasteiger partial charge in [-0.05, 0) is 24.3 Å². The van der Waals surface area contributed by atoms with Crippen LogP contribution in [0.1, 0.15) is 0 Å². The molecule has 2 aromatic rings. The van der Waals surface area contributed by atoms with Gasteiger partial charge in [-0.3, -0.25) is 0 Å². The summed E-state index contributed by atoms with van der Waals surface area (Å²) >= 11 is 0. The summed E-state index contributed by atoms with van der Waals surface area (Å²) in [5, 5.41) is 2.77. The number of fused-ring (bicyclic) bond motifs is 1. The van der Waals surface area contributed by atoms with Crippen LogP contribution in [0.4, 0.5) is 10.5 Å². The number of benzene rings is 2. The summed E-state index contributed by atoms with van der Waals surface area (Å²) in [7, 11) is 0. The van der Waals surface area contributed by atoms with Gasteiger partial charge in [-0.15, -0.1) is 0 Å². The molecule has 2 aromatic carbocycles. The van der Waals surface area contributed by atoms with E-state index in [0.717, 1.165) is 18.0 Å². The fourth-order valence-electron chi connectivity index (χ4n) is 2.38. The molecule has 1 aliphatic heterocycles. The van der Waals surface area contributed by atoms with Gasteiger partial charge in [0, 0.05) is 13.1 Å². The second-order valence-electron chi connectivity index (χ2n) is 4.93. The number of ether oxygens (including phenoxy) is 2. The normalized spacial score (nSPS) is 13.0. The monoisotopic (exact) mass is 298 g/mol. The number of hydrogen-bond acceptors (Lipinski definition) is 4. The summed E-state index contributed by atoms with van der Waals surface area (Å²) < 4.78 is 10.8. The standard InChI is InChI=1S/C17H18N2O3/c20-17(22-14-6-2-1-3-7-14)18-10-11-19-12-13-21-16-9-5-4-8-15(16)19/h1-9H,10-13H2,(H,18,20). The lowest BCUT2D eigenvalue weighted by molar-refractivity contribution is 0.200. The lowest BCUT2D eigenvalue weighted by Gasteiger charge is -2.31. The van der Waals surface area contributed by atoms with Crippen LogP contribution in [0.3, 0.4) is 0 Å². The van der Waals surface area contributed by atoms with Gasteiger partial charge in [0.1, 0.15) is 18.1 Å². The minimum atomic E-state index is -0.437. The van der Waals surface area contributed by atoms with E-state index in [1.165, 1.54) is 0 Å². The molecule has 0 bridgehead atoms. The molecule has 0 saturated carbocycles. The van der Waals surface area contributed by atoms with Crippen molar-refractivity contribution < 1.29 is 14.3 Å². The maximum absolute atomic E-state index is 11.7. The summed E-state index contributed by atoms with van der Waals surface area (Å²) in [6, 6.07) is 16.9. The van der Waals surface area contributed by atoms with Crippen molar-refractivity contribution in [3.63, 3.8) is 0 Å². The molecular weight excluding hydrogens is 280 g/mol. The van der Waals surface area contributed by atoms with Gasteiger partial charge in [0.2, 0.25) is 0 Å². The largest absolute Gasteiger partial charge is 0.490 e. The molecule has 0 unspecified atom stereocenters. The highest BCUT2D eigenvalue weighted by atomic mass is 16.6. The number of para-hydroxylation sites is 3. The van der Waals surface area contributed by atoms with Crippen LogP contribution in [-0.2, 0) is 0 Å². The molecule has 1 amide bonds. The highest BCUT2D eigenvalue weighted by molar-refractivity contribution is 5.70. The maximum atomic E-state index is 11.7. The number of anilines is 1. The summed E-state index contributed by atoms with van der Waals surface area (Å²) in [6.45, 7) is 2.70. The van der Waals surface area contributed by atoms with Gasteiger partial charge >= 0.3 is 6.09 Å². The minimum absolute atomic E-state index is 0.437. The zero-order valence-electron chi connectivity index (χ0n) is 12.2. The van der Waals surface area contributed by atoms with Gasteiger partial charge < -0.3 is 19.7 Å². The highest BCUT2D eigenvalue weighted by Gasteiger charge is 2.17. The lowest BCUT2D eigenvalue weighted by Crippen LogP contribution is -2.39. The number of hydrogen-bond donors (Lipinski definition) is 1. The van der Waals surface area contributed by atoms with Crippen LogP contribution < -0.4 is 19.7 Å². The fourth-order valence-corrected chi connectivity index (χ4v) is 2.38. The molecule has 5 nitrogen and oxygen atoms in total. The van der Waals surface area contributed by atoms with Crippen molar-refractivity contribution in [2.75, 3.05) is 31.1 Å². The third kappa shape index (κ3) is 3.49. The summed E-state index contributed by atoms with van der Waals surface area (Å²) in [5.74, 6) is 1.43. The van der Waals surface area contributed by atoms with Crippen LogP contribution >= 0.6 is 0 Å². The Morgan fingerprint density at radius 2 is 1.91 bits per heavy atom. The van der Waals surface area contributed by atoms with Crippen LogP contribution in [-0.4, -0.2) is 32.3 Å². The van der Waals surface area contributed by atoms with E-state index in [2.05, 4.69) is 10.2 Å². The number of carbonyl (C=O) groups is 1. The number of amides is 1. The average Bonchev–Trinajstić information content (AvgIpc) is 2.56. The number of carbonyl (C=O) groups excluding carboxylic acids is 1. The molecule has 0 saturated heterocycles. The Kier molecular flexibility index (Phi) is 4.44. The van der Waals surface area contributed by atoms with E-state index >= 15 is 0 Å². The van der Waals surface area contributed by atoms with Gasteiger partial charge in [-0.2, -0.15) is 0 Å². The molecule has 0 fully saturated rings. The Morgan fingerprint density at radius 3 is 2.77 bits per heavy atom. The third-order valence-electron chi connectivity index (χ3n) is 3.43. The first-order chi connectivity index (χ1) is 10.8. The Labute approximate surface area is 129 Å². The second kappa shape index (κ2) is 6.85. The topological polar surface area (TPSA) is 50.8 Å². The average molecular weight is 298 g/mol. The Morgan fingerprint density at radius 1 is 1.14 bits per heavy atom. The van der Waals surface area contributed by atoms with Crippen molar-refractivity contribution >= 4 is 11.8 Å². The minimum Gasteiger partial charge on any atom is -0.490 e. The second-order valence-corrected chi connectivity index (χ2v) is 4.93. The first-order valence-corrected chi connectivity index (χ1v) is 7.30. The van der Waals surface area contributed by atoms with Gasteiger partial charge in [0.25, 0.3) is 0 Å². The van der Waals surface area contributed by atoms with E-state index in [0.29, 0.717) is 25.4 Å². The molecule has 0 aromatic heterocycles. The van der Waals surface area contributed by atoms with Crippen LogP contribution in [0, 0.1) is 0 Å². The first kappa shape index (κ1) is 14.3. The van der Waals surface area contributed by atoms with E-state index in [4.69, 9.17) is 9.47 Å². The zero-order valence-corrected chi connectivity index (χ0v) is 12.2. The van der Waals surface area contributed by atoms with Crippen molar-refractivity contribution in [2.45, 2.75) is 0 Å². The van der Waals surface area contributed by atoms with Gasteiger partial charge in [0.15, 0.2) is 0 Å². The quantitative estimate of drug-likeness (QED) is 0.943. The van der Waals surface area contributed by atoms with Gasteiger partial charge in [0.05, 0.1) is 12.2 Å². The van der Waals surface area contributed by atoms with Crippen molar-refractivity contribution in [1.82, 2.24) is 5.32 Å². The fraction of sp³-hybridized carbons (Fsp3) is 0.235. The summed E-state index contributed by atoms with van der Waals surface area (Å²) in [4.78, 5) is 13.9. The maximum Gasteiger partial charge on any atom is 0.412 e. The number of nitrogens with one attached hydrogen (secondary N) is 1. The van der Waals surface area contributed by atoms with Crippen LogP contribution in [0.15, 0.2) is 54.6 Å². The lowest BCUT2D eigenvalue weighted by atomic mass is 10.2. The van der Waals surface area contributed by atoms with E-state index in [1.54, 1.807) is 12.1 Å². The molecule has 1 aliphatic rings. The smallest absolute Gasteiger partial charge is 0.412 e. The molecule has 5 heteroatoms. The Hall–Kier alpha value is -2.69. The molecule has 1 heterocycles. The van der Waals surface area contributed by atoms with Crippen molar-refractivity contribution in [1.29, 1.82) is 0 Å². The van der Waals surface area contributed by atoms with Crippen molar-refractivity contribution in [2.24, 2.45) is 0 Å². The number of nitrogens with zero attached hydrogens (tertiary/aromatic N) is 1. The molecular formula is C17H18N2O3. The van der Waals surface area contributed by atoms with E-state index in [-0.39, 0.29) is 0 Å². The van der Waals surface area contributed by atoms with Crippen molar-refractivity contribution in [3.05, 3.63) is 54.6 Å². The van der Waals surface area contributed by atoms with E-state index in [1.807, 2.05) is 42.5 Å². The van der Waals surface area contributed by atoms with Crippen LogP contribution in [0.2, 0.25) is 0 Å². The molecule has 114 valence electrons. The molecule has 22 heavy (non-hydrogen) atoms. The van der Waals surface area contributed by atoms with E-state index in [9.17, 15) is 4.79 Å². The summed E-state index contributed by atoms with van der Waals surface area (Å²) in [5.41, 5.74) is 1.06. The summed E-state index contributed by atoms with van der Waals surface area (Å²) in [6.07, 6.45) is -0.437. The number of rotatable bonds is 4. The Balaban J connectivity index is 1.49. The van der Waals surface area contributed by atoms with Gasteiger partial charge in [-0.1, -0.05) is 30.3 Å². The molecule has 3 rings (SSSR count). The predicted molar refractivity (Wildman–Crippen MR) is 84.6 cm³/mol. The van der Waals surface area contributed by atoms with E-state index < -0.39 is 6.09 Å². The molecule has 0 spiro atoms. The molecule has 0 aliphatic carbocycles. The first-order valence-electron chi connectivity index (χ1n) is 7.30. The molecule has 0 atom stereocenters. The van der Waals surface area contributed by atoms with Gasteiger partial charge in [-0.25, -0.2) is 4.79 Å². The zero-order chi connectivity index (χ0) is 15.2. The van der Waals surface area contributed by atoms with Crippen LogP contribution in [0.25, 0.3) is 0 Å². The third-order valence-corrected chi connectivity index (χ3v) is 3.43.